The summed E-state index contributed by atoms with van der Waals surface area (Å²) < 4.78 is 17.4. The van der Waals surface area contributed by atoms with Crippen LogP contribution < -0.4 is 14.4 Å². The molecule has 0 radical (unpaired) electrons. The number of ether oxygens (including phenoxy) is 3. The summed E-state index contributed by atoms with van der Waals surface area (Å²) in [5.74, 6) is 0.673. The van der Waals surface area contributed by atoms with Crippen LogP contribution >= 0.6 is 0 Å². The lowest BCUT2D eigenvalue weighted by molar-refractivity contribution is -0.160. The Morgan fingerprint density at radius 2 is 1.71 bits per heavy atom. The zero-order valence-corrected chi connectivity index (χ0v) is 26.8. The molecule has 0 fully saturated rings. The van der Waals surface area contributed by atoms with Gasteiger partial charge >= 0.3 is 12.0 Å². The Morgan fingerprint density at radius 1 is 0.956 bits per heavy atom. The maximum atomic E-state index is 12.9. The summed E-state index contributed by atoms with van der Waals surface area (Å²) in [7, 11) is 1.57. The maximum absolute atomic E-state index is 12.9. The molecule has 234 valence electrons. The number of hydrogen-bond acceptors (Lipinski definition) is 8. The molecule has 9 heteroatoms. The van der Waals surface area contributed by atoms with Crippen molar-refractivity contribution in [3.63, 3.8) is 0 Å². The van der Waals surface area contributed by atoms with Crippen LogP contribution in [0.3, 0.4) is 0 Å². The largest absolute Gasteiger partial charge is 0.493 e. The highest BCUT2D eigenvalue weighted by atomic mass is 16.5. The molecule has 2 aliphatic rings. The number of pyridine rings is 1. The second kappa shape index (κ2) is 12.1. The van der Waals surface area contributed by atoms with Crippen molar-refractivity contribution in [3.8, 4) is 34.0 Å². The van der Waals surface area contributed by atoms with Gasteiger partial charge in [-0.15, -0.1) is 0 Å². The monoisotopic (exact) mass is 608 g/mol. The molecule has 6 rings (SSSR count). The van der Waals surface area contributed by atoms with Crippen molar-refractivity contribution in [2.75, 3.05) is 25.2 Å². The first-order chi connectivity index (χ1) is 21.5. The third-order valence-electron chi connectivity index (χ3n) is 8.39. The summed E-state index contributed by atoms with van der Waals surface area (Å²) in [5, 5.41) is 10.5. The maximum Gasteiger partial charge on any atom is 0.337 e. The van der Waals surface area contributed by atoms with Crippen molar-refractivity contribution < 1.29 is 24.1 Å². The average Bonchev–Trinajstić information content (AvgIpc) is 3.02. The molecule has 0 amide bonds. The molecule has 2 aromatic carbocycles. The van der Waals surface area contributed by atoms with Crippen LogP contribution in [0, 0.1) is 13.8 Å². The fourth-order valence-electron chi connectivity index (χ4n) is 6.45. The van der Waals surface area contributed by atoms with Crippen molar-refractivity contribution in [2.24, 2.45) is 0 Å². The molecule has 2 aliphatic heterocycles. The smallest absolute Gasteiger partial charge is 0.337 e. The lowest BCUT2D eigenvalue weighted by Crippen LogP contribution is -2.31. The minimum absolute atomic E-state index is 0.350. The number of nitrogens with zero attached hydrogens (tertiary/aromatic N) is 4. The minimum Gasteiger partial charge on any atom is -0.493 e. The third-order valence-corrected chi connectivity index (χ3v) is 8.39. The number of aliphatic carboxylic acids is 1. The number of hydrogen-bond donors (Lipinski definition) is 1. The first kappa shape index (κ1) is 30.5. The molecule has 9 nitrogen and oxygen atoms in total. The fraction of sp³-hybridized carbons (Fsp3) is 0.389. The van der Waals surface area contributed by atoms with Gasteiger partial charge in [-0.1, -0.05) is 24.3 Å². The first-order valence-electron chi connectivity index (χ1n) is 15.4. The number of carboxylic acid groups (broad SMARTS) is 1. The molecule has 0 saturated heterocycles. The Labute approximate surface area is 264 Å². The molecule has 0 saturated carbocycles. The van der Waals surface area contributed by atoms with Crippen molar-refractivity contribution in [1.29, 1.82) is 0 Å². The van der Waals surface area contributed by atoms with E-state index in [4.69, 9.17) is 19.2 Å². The van der Waals surface area contributed by atoms with E-state index in [0.717, 1.165) is 70.9 Å². The van der Waals surface area contributed by atoms with E-state index >= 15 is 0 Å². The van der Waals surface area contributed by atoms with E-state index < -0.39 is 17.7 Å². The van der Waals surface area contributed by atoms with Gasteiger partial charge in [-0.2, -0.15) is 4.98 Å². The topological polar surface area (TPSA) is 107 Å². The van der Waals surface area contributed by atoms with Crippen LogP contribution in [0.15, 0.2) is 48.7 Å². The lowest BCUT2D eigenvalue weighted by Gasteiger charge is -2.31. The second-order valence-corrected chi connectivity index (χ2v) is 12.7. The number of anilines is 1. The molecule has 1 atom stereocenters. The van der Waals surface area contributed by atoms with Gasteiger partial charge in [0.2, 0.25) is 0 Å². The van der Waals surface area contributed by atoms with Crippen LogP contribution in [0.1, 0.15) is 66.9 Å². The summed E-state index contributed by atoms with van der Waals surface area (Å²) in [4.78, 5) is 28.7. The number of benzene rings is 2. The van der Waals surface area contributed by atoms with Crippen LogP contribution in [0.2, 0.25) is 0 Å². The highest BCUT2D eigenvalue weighted by Crippen LogP contribution is 2.44. The van der Waals surface area contributed by atoms with Gasteiger partial charge in [0.1, 0.15) is 11.6 Å². The van der Waals surface area contributed by atoms with Gasteiger partial charge in [0, 0.05) is 41.8 Å². The number of rotatable bonds is 7. The van der Waals surface area contributed by atoms with Crippen molar-refractivity contribution in [1.82, 2.24) is 15.0 Å². The Morgan fingerprint density at radius 3 is 2.47 bits per heavy atom. The molecular formula is C36H40N4O5. The van der Waals surface area contributed by atoms with Crippen molar-refractivity contribution in [3.05, 3.63) is 82.3 Å². The molecule has 0 bridgehead atoms. The number of fused-ring (bicyclic) bond motifs is 2. The SMILES string of the molecule is COc1nccc(N2CCc3cc(-c4c(C)nc(C)c(C(OC(C)(C)C)C(=O)O)c4-c4ccc5c(c4)CCCO5)ccc3C2)n1. The van der Waals surface area contributed by atoms with Crippen LogP contribution in [0.4, 0.5) is 5.82 Å². The molecular weight excluding hydrogens is 568 g/mol. The number of aryl methyl sites for hydroxylation is 3. The first-order valence-corrected chi connectivity index (χ1v) is 15.4. The zero-order valence-electron chi connectivity index (χ0n) is 26.8. The quantitative estimate of drug-likeness (QED) is 0.246. The van der Waals surface area contributed by atoms with Crippen molar-refractivity contribution in [2.45, 2.75) is 72.1 Å². The summed E-state index contributed by atoms with van der Waals surface area (Å²) in [5.41, 5.74) is 8.66. The van der Waals surface area contributed by atoms with Crippen LogP contribution in [-0.2, 0) is 28.9 Å². The summed E-state index contributed by atoms with van der Waals surface area (Å²) >= 11 is 0. The van der Waals surface area contributed by atoms with E-state index in [9.17, 15) is 9.90 Å². The van der Waals surface area contributed by atoms with E-state index in [-0.39, 0.29) is 0 Å². The summed E-state index contributed by atoms with van der Waals surface area (Å²) in [6.07, 6.45) is 3.20. The molecule has 2 aromatic heterocycles. The van der Waals surface area contributed by atoms with Crippen LogP contribution in [0.25, 0.3) is 22.3 Å². The highest BCUT2D eigenvalue weighted by molar-refractivity contribution is 5.91. The van der Waals surface area contributed by atoms with E-state index in [1.54, 1.807) is 13.3 Å². The molecule has 4 heterocycles. The Kier molecular flexibility index (Phi) is 8.22. The second-order valence-electron chi connectivity index (χ2n) is 12.7. The Hall–Kier alpha value is -4.50. The van der Waals surface area contributed by atoms with Crippen LogP contribution in [-0.4, -0.2) is 51.9 Å². The third kappa shape index (κ3) is 6.22. The molecule has 45 heavy (non-hydrogen) atoms. The van der Waals surface area contributed by atoms with Gasteiger partial charge in [-0.05, 0) is 105 Å². The van der Waals surface area contributed by atoms with E-state index in [1.165, 1.54) is 11.1 Å². The van der Waals surface area contributed by atoms with Gasteiger partial charge in [0.25, 0.3) is 0 Å². The predicted octanol–water partition coefficient (Wildman–Crippen LogP) is 6.66. The van der Waals surface area contributed by atoms with Gasteiger partial charge in [-0.3, -0.25) is 4.98 Å². The molecule has 1 N–H and O–H groups in total. The summed E-state index contributed by atoms with van der Waals surface area (Å²) in [6, 6.07) is 15.0. The van der Waals surface area contributed by atoms with E-state index in [1.807, 2.05) is 52.8 Å². The number of aromatic nitrogens is 3. The van der Waals surface area contributed by atoms with Gasteiger partial charge in [-0.25, -0.2) is 9.78 Å². The zero-order chi connectivity index (χ0) is 31.9. The highest BCUT2D eigenvalue weighted by Gasteiger charge is 2.34. The molecule has 4 aromatic rings. The fourth-order valence-corrected chi connectivity index (χ4v) is 6.45. The van der Waals surface area contributed by atoms with Gasteiger partial charge in [0.05, 0.1) is 19.3 Å². The predicted molar refractivity (Wildman–Crippen MR) is 173 cm³/mol. The number of carboxylic acids is 1. The average molecular weight is 609 g/mol. The number of methoxy groups -OCH3 is 1. The lowest BCUT2D eigenvalue weighted by atomic mass is 9.84. The molecule has 0 spiro atoms. The molecule has 1 unspecified atom stereocenters. The summed E-state index contributed by atoms with van der Waals surface area (Å²) in [6.45, 7) is 11.7. The van der Waals surface area contributed by atoms with Crippen molar-refractivity contribution >= 4 is 11.8 Å². The standard InChI is InChI=1S/C36H40N4O5/c1-21-30(25-9-10-27-20-40(16-14-23(27)18-25)29-13-15-37-35(39-29)43-6)32(26-11-12-28-24(19-26)8-7-17-44-28)31(22(2)38-21)33(34(41)42)45-36(3,4)5/h9-13,15,18-19,33H,7-8,14,16-17,20H2,1-6H3,(H,41,42). The normalized spacial score (nSPS) is 15.1. The Balaban J connectivity index is 1.50. The minimum atomic E-state index is -1.20. The van der Waals surface area contributed by atoms with Gasteiger partial charge in [0.15, 0.2) is 6.10 Å². The van der Waals surface area contributed by atoms with Gasteiger partial charge < -0.3 is 24.2 Å². The molecule has 0 aliphatic carbocycles. The van der Waals surface area contributed by atoms with E-state index in [0.29, 0.717) is 30.4 Å². The number of carbonyl (C=O) groups is 1. The Bertz CT molecular complexity index is 1760. The van der Waals surface area contributed by atoms with Crippen LogP contribution in [0.5, 0.6) is 11.8 Å². The van der Waals surface area contributed by atoms with E-state index in [2.05, 4.69) is 39.1 Å².